The fourth-order valence-corrected chi connectivity index (χ4v) is 2.24. The number of rotatable bonds is 7. The van der Waals surface area contributed by atoms with Crippen LogP contribution in [-0.4, -0.2) is 19.2 Å². The summed E-state index contributed by atoms with van der Waals surface area (Å²) < 4.78 is 44.5. The second kappa shape index (κ2) is 7.53. The van der Waals surface area contributed by atoms with Crippen molar-refractivity contribution in [2.24, 2.45) is 0 Å². The number of hydrogen-bond donors (Lipinski definition) is 1. The van der Waals surface area contributed by atoms with E-state index in [9.17, 15) is 13.2 Å². The van der Waals surface area contributed by atoms with Crippen molar-refractivity contribution in [3.63, 3.8) is 0 Å². The van der Waals surface area contributed by atoms with Crippen molar-refractivity contribution in [1.29, 1.82) is 0 Å². The zero-order chi connectivity index (χ0) is 15.2. The quantitative estimate of drug-likeness (QED) is 0.810. The minimum absolute atomic E-state index is 0.0475. The fourth-order valence-electron chi connectivity index (χ4n) is 2.24. The van der Waals surface area contributed by atoms with Crippen molar-refractivity contribution >= 4 is 0 Å². The highest BCUT2D eigenvalue weighted by molar-refractivity contribution is 5.35. The Balaban J connectivity index is 2.95. The Bertz CT molecular complexity index is 406. The number of hydrogen-bond acceptors (Lipinski definition) is 2. The zero-order valence-electron chi connectivity index (χ0n) is 12.1. The number of alkyl halides is 3. The number of para-hydroxylation sites is 1. The molecule has 1 rings (SSSR count). The molecule has 1 aromatic rings. The van der Waals surface area contributed by atoms with Crippen LogP contribution in [0.3, 0.4) is 0 Å². The molecule has 0 radical (unpaired) electrons. The van der Waals surface area contributed by atoms with Crippen molar-refractivity contribution in [2.75, 3.05) is 7.05 Å². The predicted octanol–water partition coefficient (Wildman–Crippen LogP) is 4.25. The molecule has 0 heterocycles. The number of nitrogens with one attached hydrogen (secondary N) is 1. The summed E-state index contributed by atoms with van der Waals surface area (Å²) in [7, 11) is 1.81. The first-order valence-electron chi connectivity index (χ1n) is 6.94. The monoisotopic (exact) mass is 289 g/mol. The molecule has 5 heteroatoms. The molecule has 0 bridgehead atoms. The van der Waals surface area contributed by atoms with E-state index in [-0.39, 0.29) is 17.9 Å². The molecule has 0 aliphatic carbocycles. The van der Waals surface area contributed by atoms with Crippen LogP contribution >= 0.6 is 0 Å². The lowest BCUT2D eigenvalue weighted by Gasteiger charge is -2.27. The van der Waals surface area contributed by atoms with Crippen LogP contribution in [0.15, 0.2) is 24.3 Å². The predicted molar refractivity (Wildman–Crippen MR) is 73.9 cm³/mol. The summed E-state index contributed by atoms with van der Waals surface area (Å²) in [5.41, 5.74) is -0.718. The smallest absolute Gasteiger partial charge is 0.419 e. The number of likely N-dealkylation sites (N-methyl/N-ethyl adjacent to an activating group) is 1. The first kappa shape index (κ1) is 16.8. The van der Waals surface area contributed by atoms with Crippen LogP contribution in [0.25, 0.3) is 0 Å². The molecule has 114 valence electrons. The number of benzene rings is 1. The molecule has 2 unspecified atom stereocenters. The Kier molecular flexibility index (Phi) is 6.33. The van der Waals surface area contributed by atoms with Gasteiger partial charge in [0.1, 0.15) is 11.9 Å². The maximum Gasteiger partial charge on any atom is 0.419 e. The summed E-state index contributed by atoms with van der Waals surface area (Å²) in [5.74, 6) is -0.0943. The summed E-state index contributed by atoms with van der Waals surface area (Å²) in [6.07, 6.45) is -2.20. The van der Waals surface area contributed by atoms with Crippen molar-refractivity contribution in [1.82, 2.24) is 5.32 Å². The third-order valence-corrected chi connectivity index (χ3v) is 3.29. The largest absolute Gasteiger partial charge is 0.488 e. The molecular formula is C15H22F3NO. The van der Waals surface area contributed by atoms with Crippen molar-refractivity contribution in [3.05, 3.63) is 29.8 Å². The van der Waals surface area contributed by atoms with Crippen LogP contribution in [0.4, 0.5) is 13.2 Å². The van der Waals surface area contributed by atoms with E-state index in [4.69, 9.17) is 4.74 Å². The van der Waals surface area contributed by atoms with Crippen LogP contribution in [0, 0.1) is 0 Å². The molecule has 1 N–H and O–H groups in total. The molecule has 0 aliphatic rings. The molecule has 0 amide bonds. The molecule has 0 saturated heterocycles. The SMILES string of the molecule is CCCC(NC)C(CC)Oc1ccccc1C(F)(F)F. The van der Waals surface area contributed by atoms with E-state index in [1.807, 2.05) is 20.9 Å². The van der Waals surface area contributed by atoms with E-state index in [2.05, 4.69) is 5.32 Å². The van der Waals surface area contributed by atoms with Gasteiger partial charge in [0.05, 0.1) is 5.56 Å². The third kappa shape index (κ3) is 4.40. The van der Waals surface area contributed by atoms with Gasteiger partial charge in [-0.3, -0.25) is 0 Å². The average molecular weight is 289 g/mol. The van der Waals surface area contributed by atoms with E-state index in [1.165, 1.54) is 12.1 Å². The molecule has 1 aromatic carbocycles. The highest BCUT2D eigenvalue weighted by Gasteiger charge is 2.35. The summed E-state index contributed by atoms with van der Waals surface area (Å²) in [6, 6.07) is 5.41. The minimum atomic E-state index is -4.39. The van der Waals surface area contributed by atoms with E-state index in [1.54, 1.807) is 6.07 Å². The summed E-state index contributed by atoms with van der Waals surface area (Å²) >= 11 is 0. The fraction of sp³-hybridized carbons (Fsp3) is 0.600. The maximum atomic E-state index is 12.9. The highest BCUT2D eigenvalue weighted by Crippen LogP contribution is 2.36. The van der Waals surface area contributed by atoms with Gasteiger partial charge in [-0.2, -0.15) is 13.2 Å². The Hall–Kier alpha value is -1.23. The number of ether oxygens (including phenoxy) is 1. The molecule has 20 heavy (non-hydrogen) atoms. The minimum Gasteiger partial charge on any atom is -0.488 e. The van der Waals surface area contributed by atoms with Crippen molar-refractivity contribution in [2.45, 2.75) is 51.4 Å². The van der Waals surface area contributed by atoms with Gasteiger partial charge in [0.15, 0.2) is 0 Å². The Labute approximate surface area is 118 Å². The van der Waals surface area contributed by atoms with E-state index < -0.39 is 11.7 Å². The second-order valence-electron chi connectivity index (χ2n) is 4.74. The van der Waals surface area contributed by atoms with E-state index in [0.717, 1.165) is 18.9 Å². The van der Waals surface area contributed by atoms with Gasteiger partial charge in [0.25, 0.3) is 0 Å². The van der Waals surface area contributed by atoms with Gasteiger partial charge < -0.3 is 10.1 Å². The van der Waals surface area contributed by atoms with Gasteiger partial charge in [0.2, 0.25) is 0 Å². The first-order chi connectivity index (χ1) is 9.43. The van der Waals surface area contributed by atoms with Crippen LogP contribution in [0.2, 0.25) is 0 Å². The molecule has 0 saturated carbocycles. The van der Waals surface area contributed by atoms with Crippen molar-refractivity contribution < 1.29 is 17.9 Å². The summed E-state index contributed by atoms with van der Waals surface area (Å²) in [4.78, 5) is 0. The molecule has 0 aromatic heterocycles. The van der Waals surface area contributed by atoms with Crippen LogP contribution in [0.1, 0.15) is 38.7 Å². The molecule has 2 nitrogen and oxygen atoms in total. The molecule has 0 aliphatic heterocycles. The normalized spacial score (nSPS) is 14.9. The third-order valence-electron chi connectivity index (χ3n) is 3.29. The first-order valence-corrected chi connectivity index (χ1v) is 6.94. The molecule has 0 spiro atoms. The Morgan fingerprint density at radius 3 is 2.35 bits per heavy atom. The average Bonchev–Trinajstić information content (AvgIpc) is 2.42. The maximum absolute atomic E-state index is 12.9. The lowest BCUT2D eigenvalue weighted by Crippen LogP contribution is -2.41. The van der Waals surface area contributed by atoms with Gasteiger partial charge in [-0.1, -0.05) is 32.4 Å². The summed E-state index contributed by atoms with van der Waals surface area (Å²) in [6.45, 7) is 3.96. The molecule has 2 atom stereocenters. The van der Waals surface area contributed by atoms with Crippen LogP contribution in [-0.2, 0) is 6.18 Å². The zero-order valence-corrected chi connectivity index (χ0v) is 12.1. The second-order valence-corrected chi connectivity index (χ2v) is 4.74. The molecule has 0 fully saturated rings. The van der Waals surface area contributed by atoms with E-state index in [0.29, 0.717) is 6.42 Å². The lowest BCUT2D eigenvalue weighted by molar-refractivity contribution is -0.139. The van der Waals surface area contributed by atoms with Gasteiger partial charge >= 0.3 is 6.18 Å². The highest BCUT2D eigenvalue weighted by atomic mass is 19.4. The Morgan fingerprint density at radius 1 is 1.20 bits per heavy atom. The standard InChI is InChI=1S/C15H22F3NO/c1-4-8-12(19-3)13(5-2)20-14-10-7-6-9-11(14)15(16,17)18/h6-7,9-10,12-13,19H,4-5,8H2,1-3H3. The van der Waals surface area contributed by atoms with E-state index >= 15 is 0 Å². The van der Waals surface area contributed by atoms with Crippen LogP contribution in [0.5, 0.6) is 5.75 Å². The molecular weight excluding hydrogens is 267 g/mol. The van der Waals surface area contributed by atoms with Crippen molar-refractivity contribution in [3.8, 4) is 5.75 Å². The van der Waals surface area contributed by atoms with Gasteiger partial charge in [-0.25, -0.2) is 0 Å². The number of halogens is 3. The van der Waals surface area contributed by atoms with Crippen LogP contribution < -0.4 is 10.1 Å². The Morgan fingerprint density at radius 2 is 1.85 bits per heavy atom. The van der Waals surface area contributed by atoms with Gasteiger partial charge in [-0.05, 0) is 32.0 Å². The van der Waals surface area contributed by atoms with Gasteiger partial charge in [0, 0.05) is 6.04 Å². The topological polar surface area (TPSA) is 21.3 Å². The lowest BCUT2D eigenvalue weighted by atomic mass is 10.0. The summed E-state index contributed by atoms with van der Waals surface area (Å²) in [5, 5.41) is 3.13. The van der Waals surface area contributed by atoms with Gasteiger partial charge in [-0.15, -0.1) is 0 Å².